The van der Waals surface area contributed by atoms with Crippen LogP contribution in [0.5, 0.6) is 0 Å². The number of nitrogens with zero attached hydrogens (tertiary/aromatic N) is 2. The lowest BCUT2D eigenvalue weighted by atomic mass is 10.0. The predicted octanol–water partition coefficient (Wildman–Crippen LogP) is 2.80. The van der Waals surface area contributed by atoms with Gasteiger partial charge in [0.05, 0.1) is 11.7 Å². The largest absolute Gasteiger partial charge is 0.339 e. The van der Waals surface area contributed by atoms with E-state index in [1.807, 2.05) is 6.92 Å². The van der Waals surface area contributed by atoms with Crippen molar-refractivity contribution in [3.05, 3.63) is 11.7 Å². The van der Waals surface area contributed by atoms with Crippen LogP contribution >= 0.6 is 11.8 Å². The summed E-state index contributed by atoms with van der Waals surface area (Å²) in [6, 6.07) is 0. The molecule has 0 amide bonds. The number of thioether (sulfide) groups is 1. The van der Waals surface area contributed by atoms with Crippen LogP contribution in [0.4, 0.5) is 0 Å². The molecule has 90 valence electrons. The molecule has 1 aromatic rings. The Bertz CT molecular complexity index is 338. The molecule has 5 heteroatoms. The molecule has 4 nitrogen and oxygen atoms in total. The van der Waals surface area contributed by atoms with Gasteiger partial charge in [0.1, 0.15) is 5.78 Å². The molecular formula is C11H18N2O2S. The van der Waals surface area contributed by atoms with Gasteiger partial charge in [-0.25, -0.2) is 0 Å². The summed E-state index contributed by atoms with van der Waals surface area (Å²) in [6.45, 7) is 5.64. The maximum Gasteiger partial charge on any atom is 0.237 e. The molecule has 0 radical (unpaired) electrons. The second-order valence-electron chi connectivity index (χ2n) is 3.67. The number of hydrogen-bond acceptors (Lipinski definition) is 5. The molecule has 0 N–H and O–H groups in total. The highest BCUT2D eigenvalue weighted by Crippen LogP contribution is 2.19. The minimum absolute atomic E-state index is 0.0823. The van der Waals surface area contributed by atoms with Gasteiger partial charge in [0.2, 0.25) is 5.89 Å². The normalized spacial score (nSPS) is 12.7. The van der Waals surface area contributed by atoms with Crippen LogP contribution in [0.1, 0.15) is 51.2 Å². The average Bonchev–Trinajstić information content (AvgIpc) is 2.67. The monoisotopic (exact) mass is 242 g/mol. The zero-order chi connectivity index (χ0) is 12.0. The fourth-order valence-electron chi connectivity index (χ4n) is 1.41. The van der Waals surface area contributed by atoms with Crippen LogP contribution in [0.15, 0.2) is 4.52 Å². The van der Waals surface area contributed by atoms with E-state index in [2.05, 4.69) is 17.1 Å². The van der Waals surface area contributed by atoms with Crippen molar-refractivity contribution in [3.63, 3.8) is 0 Å². The van der Waals surface area contributed by atoms with Gasteiger partial charge in [0.15, 0.2) is 5.82 Å². The van der Waals surface area contributed by atoms with E-state index in [0.29, 0.717) is 18.1 Å². The lowest BCUT2D eigenvalue weighted by molar-refractivity contribution is -0.119. The van der Waals surface area contributed by atoms with E-state index in [1.165, 1.54) is 0 Å². The molecule has 0 aliphatic rings. The lowest BCUT2D eigenvalue weighted by Crippen LogP contribution is -2.07. The quantitative estimate of drug-likeness (QED) is 0.688. The lowest BCUT2D eigenvalue weighted by Gasteiger charge is -2.03. The second kappa shape index (κ2) is 6.68. The summed E-state index contributed by atoms with van der Waals surface area (Å²) in [5.74, 6) is 2.84. The number of rotatable bonds is 7. The van der Waals surface area contributed by atoms with Gasteiger partial charge in [0, 0.05) is 0 Å². The molecule has 0 fully saturated rings. The van der Waals surface area contributed by atoms with E-state index in [0.717, 1.165) is 17.9 Å². The topological polar surface area (TPSA) is 56.0 Å². The molecule has 1 rings (SSSR count). The first kappa shape index (κ1) is 13.2. The van der Waals surface area contributed by atoms with Crippen molar-refractivity contribution in [2.75, 3.05) is 5.75 Å². The molecule has 0 saturated heterocycles. The third-order valence-corrected chi connectivity index (χ3v) is 3.42. The van der Waals surface area contributed by atoms with E-state index in [9.17, 15) is 4.79 Å². The van der Waals surface area contributed by atoms with Crippen molar-refractivity contribution in [3.8, 4) is 0 Å². The van der Waals surface area contributed by atoms with Gasteiger partial charge < -0.3 is 4.52 Å². The molecule has 1 atom stereocenters. The molecule has 0 aromatic carbocycles. The molecule has 1 aromatic heterocycles. The van der Waals surface area contributed by atoms with Gasteiger partial charge >= 0.3 is 0 Å². The molecule has 1 heterocycles. The van der Waals surface area contributed by atoms with Crippen LogP contribution in [0, 0.1) is 0 Å². The van der Waals surface area contributed by atoms with Gasteiger partial charge in [-0.1, -0.05) is 19.0 Å². The minimum Gasteiger partial charge on any atom is -0.339 e. The van der Waals surface area contributed by atoms with Crippen LogP contribution in [-0.4, -0.2) is 21.7 Å². The summed E-state index contributed by atoms with van der Waals surface area (Å²) in [7, 11) is 0. The van der Waals surface area contributed by atoms with Crippen molar-refractivity contribution >= 4 is 17.5 Å². The average molecular weight is 242 g/mol. The van der Waals surface area contributed by atoms with Crippen molar-refractivity contribution < 1.29 is 9.32 Å². The molecule has 0 aliphatic carbocycles. The number of aromatic nitrogens is 2. The maximum absolute atomic E-state index is 11.3. The summed E-state index contributed by atoms with van der Waals surface area (Å²) >= 11 is 1.78. The predicted molar refractivity (Wildman–Crippen MR) is 64.5 cm³/mol. The Morgan fingerprint density at radius 2 is 2.25 bits per heavy atom. The third kappa shape index (κ3) is 3.63. The fourth-order valence-corrected chi connectivity index (χ4v) is 2.14. The Labute approximate surface area is 100 Å². The van der Waals surface area contributed by atoms with Gasteiger partial charge in [-0.05, 0) is 25.5 Å². The molecule has 0 spiro atoms. The number of ketones is 1. The molecule has 16 heavy (non-hydrogen) atoms. The Balaban J connectivity index is 2.59. The van der Waals surface area contributed by atoms with Gasteiger partial charge in [0.25, 0.3) is 0 Å². The first-order valence-electron chi connectivity index (χ1n) is 5.59. The first-order chi connectivity index (χ1) is 7.69. The van der Waals surface area contributed by atoms with Gasteiger partial charge in [-0.3, -0.25) is 4.79 Å². The van der Waals surface area contributed by atoms with E-state index in [4.69, 9.17) is 4.52 Å². The van der Waals surface area contributed by atoms with Crippen LogP contribution in [-0.2, 0) is 10.5 Å². The summed E-state index contributed by atoms with van der Waals surface area (Å²) in [5, 5.41) is 3.88. The minimum atomic E-state index is -0.238. The molecule has 1 unspecified atom stereocenters. The SMILES string of the molecule is CCCSCc1noc(C(CC)C(C)=O)n1. The van der Waals surface area contributed by atoms with E-state index >= 15 is 0 Å². The first-order valence-corrected chi connectivity index (χ1v) is 6.75. The van der Waals surface area contributed by atoms with Crippen molar-refractivity contribution in [2.24, 2.45) is 0 Å². The highest BCUT2D eigenvalue weighted by Gasteiger charge is 2.21. The highest BCUT2D eigenvalue weighted by atomic mass is 32.2. The number of hydrogen-bond donors (Lipinski definition) is 0. The van der Waals surface area contributed by atoms with Crippen LogP contribution < -0.4 is 0 Å². The smallest absolute Gasteiger partial charge is 0.237 e. The summed E-state index contributed by atoms with van der Waals surface area (Å²) in [4.78, 5) is 15.6. The Morgan fingerprint density at radius 1 is 1.50 bits per heavy atom. The van der Waals surface area contributed by atoms with E-state index in [-0.39, 0.29) is 11.7 Å². The van der Waals surface area contributed by atoms with Crippen LogP contribution in [0.3, 0.4) is 0 Å². The number of carbonyl (C=O) groups excluding carboxylic acids is 1. The second-order valence-corrected chi connectivity index (χ2v) is 4.78. The third-order valence-electron chi connectivity index (χ3n) is 2.26. The maximum atomic E-state index is 11.3. The zero-order valence-electron chi connectivity index (χ0n) is 10.0. The van der Waals surface area contributed by atoms with Gasteiger partial charge in [-0.15, -0.1) is 0 Å². The summed E-state index contributed by atoms with van der Waals surface area (Å²) in [5.41, 5.74) is 0. The number of carbonyl (C=O) groups is 1. The van der Waals surface area contributed by atoms with E-state index in [1.54, 1.807) is 18.7 Å². The standard InChI is InChI=1S/C11H18N2O2S/c1-4-6-16-7-10-12-11(15-13-10)9(5-2)8(3)14/h9H,4-7H2,1-3H3. The molecule has 0 bridgehead atoms. The number of Topliss-reactive ketones (excluding diaryl/α,β-unsaturated/α-hetero) is 1. The Kier molecular flexibility index (Phi) is 5.52. The Morgan fingerprint density at radius 3 is 2.81 bits per heavy atom. The fraction of sp³-hybridized carbons (Fsp3) is 0.727. The molecule has 0 aliphatic heterocycles. The summed E-state index contributed by atoms with van der Waals surface area (Å²) in [6.07, 6.45) is 1.85. The van der Waals surface area contributed by atoms with Gasteiger partial charge in [-0.2, -0.15) is 16.7 Å². The summed E-state index contributed by atoms with van der Waals surface area (Å²) < 4.78 is 5.11. The van der Waals surface area contributed by atoms with Crippen molar-refractivity contribution in [2.45, 2.75) is 45.3 Å². The molecule has 0 saturated carbocycles. The van der Waals surface area contributed by atoms with Crippen molar-refractivity contribution in [1.29, 1.82) is 0 Å². The highest BCUT2D eigenvalue weighted by molar-refractivity contribution is 7.98. The van der Waals surface area contributed by atoms with Crippen molar-refractivity contribution in [1.82, 2.24) is 10.1 Å². The van der Waals surface area contributed by atoms with Crippen LogP contribution in [0.25, 0.3) is 0 Å². The van der Waals surface area contributed by atoms with E-state index < -0.39 is 0 Å². The zero-order valence-corrected chi connectivity index (χ0v) is 10.8. The Hall–Kier alpha value is -0.840. The molecular weight excluding hydrogens is 224 g/mol. The van der Waals surface area contributed by atoms with Crippen LogP contribution in [0.2, 0.25) is 0 Å².